The number of aromatic nitrogens is 2. The van der Waals surface area contributed by atoms with Crippen molar-refractivity contribution in [2.75, 3.05) is 0 Å². The minimum Gasteiger partial charge on any atom is -0.481 e. The number of ether oxygens (including phenoxy) is 1. The van der Waals surface area contributed by atoms with Gasteiger partial charge in [0.05, 0.1) is 23.6 Å². The zero-order chi connectivity index (χ0) is 35.2. The Morgan fingerprint density at radius 1 is 0.980 bits per heavy atom. The van der Waals surface area contributed by atoms with Gasteiger partial charge in [-0.15, -0.1) is 12.4 Å². The number of hydrogen-bond acceptors (Lipinski definition) is 5. The summed E-state index contributed by atoms with van der Waals surface area (Å²) in [5, 5.41) is 17.5. The van der Waals surface area contributed by atoms with E-state index in [1.165, 1.54) is 18.4 Å². The van der Waals surface area contributed by atoms with Crippen LogP contribution in [-0.2, 0) is 21.4 Å². The summed E-state index contributed by atoms with van der Waals surface area (Å²) in [4.78, 5) is 38.4. The normalized spacial score (nSPS) is 40.8. The Morgan fingerprint density at radius 3 is 2.29 bits per heavy atom. The molecule has 8 nitrogen and oxygen atoms in total. The molecule has 0 radical (unpaired) electrons. The first kappa shape index (κ1) is 37.9. The van der Waals surface area contributed by atoms with Crippen LogP contribution in [0.25, 0.3) is 0 Å². The molecule has 6 rings (SSSR count). The van der Waals surface area contributed by atoms with Crippen LogP contribution in [-0.4, -0.2) is 44.4 Å². The van der Waals surface area contributed by atoms with Gasteiger partial charge in [-0.3, -0.25) is 19.1 Å². The van der Waals surface area contributed by atoms with E-state index >= 15 is 0 Å². The van der Waals surface area contributed by atoms with E-state index in [0.29, 0.717) is 35.2 Å². The zero-order valence-corrected chi connectivity index (χ0v) is 32.3. The van der Waals surface area contributed by atoms with Gasteiger partial charge in [-0.2, -0.15) is 5.10 Å². The van der Waals surface area contributed by atoms with Crippen molar-refractivity contribution in [3.05, 3.63) is 30.1 Å². The quantitative estimate of drug-likeness (QED) is 0.219. The van der Waals surface area contributed by atoms with Crippen LogP contribution < -0.4 is 5.32 Å². The fourth-order valence-corrected chi connectivity index (χ4v) is 13.0. The number of carbonyl (C=O) groups is 3. The van der Waals surface area contributed by atoms with E-state index in [-0.39, 0.29) is 58.0 Å². The number of aliphatic carboxylic acids is 1. The van der Waals surface area contributed by atoms with Gasteiger partial charge in [0.15, 0.2) is 0 Å². The van der Waals surface area contributed by atoms with Crippen molar-refractivity contribution in [1.29, 1.82) is 0 Å². The molecule has 0 bridgehead atoms. The number of nitrogens with one attached hydrogen (secondary N) is 1. The molecule has 1 aromatic heterocycles. The average molecular weight is 700 g/mol. The van der Waals surface area contributed by atoms with Crippen molar-refractivity contribution in [2.45, 2.75) is 138 Å². The Hall–Kier alpha value is -2.35. The van der Waals surface area contributed by atoms with Gasteiger partial charge in [-0.25, -0.2) is 0 Å². The zero-order valence-electron chi connectivity index (χ0n) is 31.5. The second-order valence-electron chi connectivity index (χ2n) is 18.9. The molecule has 1 aromatic rings. The number of carboxylic acids is 1. The second-order valence-corrected chi connectivity index (χ2v) is 18.9. The molecule has 0 unspecified atom stereocenters. The number of rotatable bonds is 7. The summed E-state index contributed by atoms with van der Waals surface area (Å²) in [7, 11) is 1.86. The molecular formula is C40H62ClN3O5. The minimum absolute atomic E-state index is 0. The number of amides is 1. The Labute approximate surface area is 300 Å². The number of carboxylic acid groups (broad SMARTS) is 1. The van der Waals surface area contributed by atoms with Crippen LogP contribution in [0.2, 0.25) is 0 Å². The van der Waals surface area contributed by atoms with E-state index in [4.69, 9.17) is 4.74 Å². The van der Waals surface area contributed by atoms with E-state index in [2.05, 4.69) is 58.5 Å². The van der Waals surface area contributed by atoms with Crippen LogP contribution in [0.3, 0.4) is 0 Å². The number of nitrogens with zero attached hydrogens (tertiary/aromatic N) is 2. The number of esters is 1. The van der Waals surface area contributed by atoms with Crippen molar-refractivity contribution >= 4 is 30.3 Å². The van der Waals surface area contributed by atoms with Crippen LogP contribution in [0, 0.1) is 56.7 Å². The first-order chi connectivity index (χ1) is 22.2. The fourth-order valence-electron chi connectivity index (χ4n) is 13.0. The first-order valence-corrected chi connectivity index (χ1v) is 18.6. The van der Waals surface area contributed by atoms with Gasteiger partial charge in [0, 0.05) is 24.2 Å². The molecule has 5 aliphatic carbocycles. The Kier molecular flexibility index (Phi) is 9.59. The number of halogens is 1. The van der Waals surface area contributed by atoms with Gasteiger partial charge < -0.3 is 15.2 Å². The number of allylic oxidation sites excluding steroid dienone is 1. The van der Waals surface area contributed by atoms with Crippen molar-refractivity contribution in [1.82, 2.24) is 15.1 Å². The largest absolute Gasteiger partial charge is 0.481 e. The minimum atomic E-state index is -1.15. The smallest absolute Gasteiger partial charge is 0.309 e. The molecule has 1 amide bonds. The SMILES string of the molecule is C=C(C)[C@@H]1CC[C@]2(NC(=O)c3cnn(C)c3)CC[C@]3(C)[C@H](CC[C@@H]4[C@@]5(C)CC[C@H](OC(=O)CC(C)(C)C(=O)O)C(C)(C)[C@@H]5CC[C@]43C)[C@@H]12.Cl. The molecule has 0 saturated heterocycles. The highest BCUT2D eigenvalue weighted by atomic mass is 35.5. The maximum Gasteiger partial charge on any atom is 0.309 e. The lowest BCUT2D eigenvalue weighted by molar-refractivity contribution is -0.246. The molecule has 5 fully saturated rings. The summed E-state index contributed by atoms with van der Waals surface area (Å²) in [5.41, 5.74) is 0.750. The van der Waals surface area contributed by atoms with Gasteiger partial charge in [-0.1, -0.05) is 46.8 Å². The predicted octanol–water partition coefficient (Wildman–Crippen LogP) is 8.39. The monoisotopic (exact) mass is 699 g/mol. The van der Waals surface area contributed by atoms with E-state index in [0.717, 1.165) is 51.4 Å². The molecule has 0 aromatic carbocycles. The van der Waals surface area contributed by atoms with Gasteiger partial charge in [-0.05, 0) is 131 Å². The number of aryl methyl sites for hydroxylation is 1. The topological polar surface area (TPSA) is 111 Å². The Bertz CT molecular complexity index is 1500. The van der Waals surface area contributed by atoms with Crippen molar-refractivity contribution < 1.29 is 24.2 Å². The summed E-state index contributed by atoms with van der Waals surface area (Å²) in [6, 6.07) is 0. The molecular weight excluding hydrogens is 638 g/mol. The Morgan fingerprint density at radius 2 is 1.67 bits per heavy atom. The summed E-state index contributed by atoms with van der Waals surface area (Å²) < 4.78 is 7.86. The van der Waals surface area contributed by atoms with E-state index in [1.807, 2.05) is 13.2 Å². The molecule has 0 spiro atoms. The standard InChI is InChI=1S/C40H61N3O5.ClH/c1-24(2)26-13-18-40(42-33(45)25-22-41-43(10)23-25)20-19-38(8)27(32(26)40)11-12-29-37(7)16-15-30(48-31(44)21-35(3,4)34(46)47)36(5,6)28(37)14-17-39(29,38)9;/h22-23,26-30,32H,1,11-21H2,2-10H3,(H,42,45)(H,46,47);1H/t26-,27+,28-,29+,30-,32+,37-,38+,39+,40-;/m0./s1. The molecule has 5 saturated carbocycles. The second kappa shape index (κ2) is 12.4. The molecule has 9 heteroatoms. The van der Waals surface area contributed by atoms with Gasteiger partial charge in [0.25, 0.3) is 5.91 Å². The van der Waals surface area contributed by atoms with Crippen LogP contribution >= 0.6 is 12.4 Å². The third-order valence-corrected chi connectivity index (χ3v) is 15.8. The highest BCUT2D eigenvalue weighted by molar-refractivity contribution is 5.94. The first-order valence-electron chi connectivity index (χ1n) is 18.6. The molecule has 10 atom stereocenters. The van der Waals surface area contributed by atoms with Gasteiger partial charge in [0.2, 0.25) is 0 Å². The summed E-state index contributed by atoms with van der Waals surface area (Å²) in [6.07, 6.45) is 13.8. The summed E-state index contributed by atoms with van der Waals surface area (Å²) in [6.45, 7) is 22.2. The molecule has 5 aliphatic rings. The van der Waals surface area contributed by atoms with Crippen LogP contribution in [0.15, 0.2) is 24.5 Å². The van der Waals surface area contributed by atoms with E-state index in [9.17, 15) is 19.5 Å². The molecule has 1 heterocycles. The highest BCUT2D eigenvalue weighted by Crippen LogP contribution is 2.76. The fraction of sp³-hybridized carbons (Fsp3) is 0.800. The third-order valence-electron chi connectivity index (χ3n) is 15.8. The number of fused-ring (bicyclic) bond motifs is 7. The lowest BCUT2D eigenvalue weighted by Gasteiger charge is -2.73. The summed E-state index contributed by atoms with van der Waals surface area (Å²) in [5.74, 6) is 0.890. The van der Waals surface area contributed by atoms with E-state index in [1.54, 1.807) is 24.7 Å². The summed E-state index contributed by atoms with van der Waals surface area (Å²) >= 11 is 0. The van der Waals surface area contributed by atoms with Crippen molar-refractivity contribution in [3.8, 4) is 0 Å². The highest BCUT2D eigenvalue weighted by Gasteiger charge is 2.71. The van der Waals surface area contributed by atoms with E-state index < -0.39 is 17.4 Å². The molecule has 274 valence electrons. The number of hydrogen-bond donors (Lipinski definition) is 2. The lowest BCUT2D eigenvalue weighted by Crippen LogP contribution is -2.69. The van der Waals surface area contributed by atoms with Crippen LogP contribution in [0.4, 0.5) is 0 Å². The maximum atomic E-state index is 13.7. The number of carbonyl (C=O) groups excluding carboxylic acids is 2. The molecule has 49 heavy (non-hydrogen) atoms. The maximum absolute atomic E-state index is 13.7. The van der Waals surface area contributed by atoms with Crippen molar-refractivity contribution in [2.24, 2.45) is 63.7 Å². The van der Waals surface area contributed by atoms with Crippen molar-refractivity contribution in [3.63, 3.8) is 0 Å². The van der Waals surface area contributed by atoms with Crippen LogP contribution in [0.5, 0.6) is 0 Å². The van der Waals surface area contributed by atoms with Crippen LogP contribution in [0.1, 0.15) is 136 Å². The predicted molar refractivity (Wildman–Crippen MR) is 193 cm³/mol. The lowest BCUT2D eigenvalue weighted by atomic mass is 9.32. The third kappa shape index (κ3) is 5.69. The Balaban J connectivity index is 0.00000468. The average Bonchev–Trinajstić information content (AvgIpc) is 3.59. The molecule has 0 aliphatic heterocycles. The van der Waals surface area contributed by atoms with Gasteiger partial charge in [0.1, 0.15) is 6.10 Å². The van der Waals surface area contributed by atoms with Gasteiger partial charge >= 0.3 is 11.9 Å². The molecule has 2 N–H and O–H groups in total.